The molecule has 0 spiro atoms. The van der Waals surface area contributed by atoms with Crippen molar-refractivity contribution in [2.24, 2.45) is 5.92 Å². The Hall–Kier alpha value is -1.56. The third-order valence-corrected chi connectivity index (χ3v) is 3.67. The van der Waals surface area contributed by atoms with Crippen LogP contribution in [0.1, 0.15) is 6.92 Å². The number of hydrogen-bond acceptors (Lipinski definition) is 2. The Morgan fingerprint density at radius 1 is 1.10 bits per heavy atom. The lowest BCUT2D eigenvalue weighted by molar-refractivity contribution is -0.142. The minimum absolute atomic E-state index is 0.179. The van der Waals surface area contributed by atoms with Gasteiger partial charge < -0.3 is 9.84 Å². The first kappa shape index (κ1) is 14.8. The summed E-state index contributed by atoms with van der Waals surface area (Å²) in [7, 11) is 0. The SMILES string of the molecule is CC(COc1ccc(-c2ccc(I)cc2)cc1)C(=O)O. The van der Waals surface area contributed by atoms with Crippen LogP contribution in [-0.2, 0) is 4.79 Å². The first-order valence-electron chi connectivity index (χ1n) is 6.28. The Labute approximate surface area is 131 Å². The topological polar surface area (TPSA) is 46.5 Å². The lowest BCUT2D eigenvalue weighted by Crippen LogP contribution is -2.17. The van der Waals surface area contributed by atoms with Crippen LogP contribution in [0.3, 0.4) is 0 Å². The monoisotopic (exact) mass is 382 g/mol. The second-order valence-corrected chi connectivity index (χ2v) is 5.83. The predicted octanol–water partition coefficient (Wildman–Crippen LogP) is 4.06. The quantitative estimate of drug-likeness (QED) is 0.794. The highest BCUT2D eigenvalue weighted by Crippen LogP contribution is 2.23. The van der Waals surface area contributed by atoms with Crippen molar-refractivity contribution in [3.8, 4) is 16.9 Å². The van der Waals surface area contributed by atoms with Crippen molar-refractivity contribution in [1.29, 1.82) is 0 Å². The summed E-state index contributed by atoms with van der Waals surface area (Å²) >= 11 is 2.28. The molecule has 0 heterocycles. The van der Waals surface area contributed by atoms with Crippen LogP contribution >= 0.6 is 22.6 Å². The zero-order valence-corrected chi connectivity index (χ0v) is 13.2. The molecule has 0 aromatic heterocycles. The number of ether oxygens (including phenoxy) is 1. The molecule has 0 radical (unpaired) electrons. The van der Waals surface area contributed by atoms with E-state index in [1.54, 1.807) is 6.92 Å². The number of carboxylic acids is 1. The minimum Gasteiger partial charge on any atom is -0.493 e. The summed E-state index contributed by atoms with van der Waals surface area (Å²) in [6.45, 7) is 1.81. The first-order chi connectivity index (χ1) is 9.56. The van der Waals surface area contributed by atoms with Crippen LogP contribution in [0.15, 0.2) is 48.5 Å². The number of halogens is 1. The highest BCUT2D eigenvalue weighted by Gasteiger charge is 2.11. The minimum atomic E-state index is -0.847. The molecule has 0 saturated heterocycles. The second-order valence-electron chi connectivity index (χ2n) is 4.58. The van der Waals surface area contributed by atoms with Crippen molar-refractivity contribution in [3.63, 3.8) is 0 Å². The molecule has 0 saturated carbocycles. The van der Waals surface area contributed by atoms with Crippen LogP contribution in [-0.4, -0.2) is 17.7 Å². The summed E-state index contributed by atoms with van der Waals surface area (Å²) < 4.78 is 6.66. The Morgan fingerprint density at radius 2 is 1.60 bits per heavy atom. The summed E-state index contributed by atoms with van der Waals surface area (Å²) in [4.78, 5) is 10.7. The van der Waals surface area contributed by atoms with Gasteiger partial charge in [-0.05, 0) is 64.9 Å². The zero-order valence-electron chi connectivity index (χ0n) is 11.0. The van der Waals surface area contributed by atoms with Gasteiger partial charge in [0.15, 0.2) is 0 Å². The van der Waals surface area contributed by atoms with E-state index in [-0.39, 0.29) is 6.61 Å². The van der Waals surface area contributed by atoms with Gasteiger partial charge in [-0.2, -0.15) is 0 Å². The van der Waals surface area contributed by atoms with Crippen LogP contribution in [0, 0.1) is 9.49 Å². The van der Waals surface area contributed by atoms with Gasteiger partial charge in [-0.3, -0.25) is 4.79 Å². The molecule has 0 aliphatic carbocycles. The second kappa shape index (κ2) is 6.74. The molecule has 20 heavy (non-hydrogen) atoms. The van der Waals surface area contributed by atoms with E-state index in [1.807, 2.05) is 24.3 Å². The smallest absolute Gasteiger partial charge is 0.309 e. The third kappa shape index (κ3) is 3.96. The average Bonchev–Trinajstić information content (AvgIpc) is 2.46. The van der Waals surface area contributed by atoms with Crippen LogP contribution in [0.2, 0.25) is 0 Å². The molecule has 2 aromatic rings. The average molecular weight is 382 g/mol. The van der Waals surface area contributed by atoms with E-state index in [2.05, 4.69) is 46.9 Å². The van der Waals surface area contributed by atoms with Gasteiger partial charge >= 0.3 is 5.97 Å². The summed E-state index contributed by atoms with van der Waals surface area (Å²) in [6.07, 6.45) is 0. The number of rotatable bonds is 5. The van der Waals surface area contributed by atoms with E-state index in [9.17, 15) is 4.79 Å². The Balaban J connectivity index is 2.03. The summed E-state index contributed by atoms with van der Waals surface area (Å²) in [5, 5.41) is 8.79. The van der Waals surface area contributed by atoms with Gasteiger partial charge in [0, 0.05) is 3.57 Å². The van der Waals surface area contributed by atoms with Crippen molar-refractivity contribution < 1.29 is 14.6 Å². The lowest BCUT2D eigenvalue weighted by atomic mass is 10.1. The van der Waals surface area contributed by atoms with E-state index >= 15 is 0 Å². The Bertz CT molecular complexity index is 576. The molecule has 0 aliphatic rings. The molecule has 0 bridgehead atoms. The number of aliphatic carboxylic acids is 1. The number of carboxylic acid groups (broad SMARTS) is 1. The van der Waals surface area contributed by atoms with Crippen LogP contribution in [0.25, 0.3) is 11.1 Å². The van der Waals surface area contributed by atoms with E-state index in [1.165, 1.54) is 3.57 Å². The maximum atomic E-state index is 10.7. The molecule has 2 aromatic carbocycles. The standard InChI is InChI=1S/C16H15IO3/c1-11(16(18)19)10-20-15-8-4-13(5-9-15)12-2-6-14(17)7-3-12/h2-9,11H,10H2,1H3,(H,18,19). The zero-order chi connectivity index (χ0) is 14.5. The molecule has 2 rings (SSSR count). The maximum Gasteiger partial charge on any atom is 0.309 e. The predicted molar refractivity (Wildman–Crippen MR) is 86.9 cm³/mol. The Morgan fingerprint density at radius 3 is 2.10 bits per heavy atom. The van der Waals surface area contributed by atoms with Gasteiger partial charge in [-0.25, -0.2) is 0 Å². The van der Waals surface area contributed by atoms with Crippen molar-refractivity contribution >= 4 is 28.6 Å². The van der Waals surface area contributed by atoms with Crippen molar-refractivity contribution in [1.82, 2.24) is 0 Å². The van der Waals surface area contributed by atoms with Crippen molar-refractivity contribution in [2.45, 2.75) is 6.92 Å². The molecular formula is C16H15IO3. The Kier molecular flexibility index (Phi) is 5.00. The molecule has 1 atom stereocenters. The van der Waals surface area contributed by atoms with Gasteiger partial charge in [0.1, 0.15) is 12.4 Å². The number of hydrogen-bond donors (Lipinski definition) is 1. The fraction of sp³-hybridized carbons (Fsp3) is 0.188. The van der Waals surface area contributed by atoms with Gasteiger partial charge in [-0.1, -0.05) is 24.3 Å². The first-order valence-corrected chi connectivity index (χ1v) is 7.36. The summed E-state index contributed by atoms with van der Waals surface area (Å²) in [5.41, 5.74) is 2.26. The van der Waals surface area contributed by atoms with Crippen molar-refractivity contribution in [3.05, 3.63) is 52.1 Å². The van der Waals surface area contributed by atoms with E-state index in [0.717, 1.165) is 11.1 Å². The van der Waals surface area contributed by atoms with Gasteiger partial charge in [0.25, 0.3) is 0 Å². The molecule has 0 amide bonds. The number of benzene rings is 2. The summed E-state index contributed by atoms with van der Waals surface area (Å²) in [5.74, 6) is -0.668. The van der Waals surface area contributed by atoms with E-state index < -0.39 is 11.9 Å². The molecule has 104 valence electrons. The van der Waals surface area contributed by atoms with E-state index in [4.69, 9.17) is 9.84 Å². The van der Waals surface area contributed by atoms with Crippen LogP contribution in [0.5, 0.6) is 5.75 Å². The van der Waals surface area contributed by atoms with Gasteiger partial charge in [0.2, 0.25) is 0 Å². The largest absolute Gasteiger partial charge is 0.493 e. The highest BCUT2D eigenvalue weighted by atomic mass is 127. The third-order valence-electron chi connectivity index (χ3n) is 2.95. The highest BCUT2D eigenvalue weighted by molar-refractivity contribution is 14.1. The van der Waals surface area contributed by atoms with Crippen LogP contribution < -0.4 is 4.74 Å². The normalized spacial score (nSPS) is 11.9. The molecule has 1 N–H and O–H groups in total. The van der Waals surface area contributed by atoms with Crippen molar-refractivity contribution in [2.75, 3.05) is 6.61 Å². The van der Waals surface area contributed by atoms with Gasteiger partial charge in [-0.15, -0.1) is 0 Å². The molecule has 3 nitrogen and oxygen atoms in total. The summed E-state index contributed by atoms with van der Waals surface area (Å²) in [6, 6.07) is 16.0. The maximum absolute atomic E-state index is 10.7. The fourth-order valence-corrected chi connectivity index (χ4v) is 2.04. The van der Waals surface area contributed by atoms with E-state index in [0.29, 0.717) is 5.75 Å². The molecule has 4 heteroatoms. The molecule has 0 fully saturated rings. The molecule has 0 aliphatic heterocycles. The van der Waals surface area contributed by atoms with Crippen LogP contribution in [0.4, 0.5) is 0 Å². The lowest BCUT2D eigenvalue weighted by Gasteiger charge is -2.10. The molecule has 1 unspecified atom stereocenters. The molecular weight excluding hydrogens is 367 g/mol. The van der Waals surface area contributed by atoms with Gasteiger partial charge in [0.05, 0.1) is 5.92 Å². The fourth-order valence-electron chi connectivity index (χ4n) is 1.68. The number of carbonyl (C=O) groups is 1.